The third-order valence-electron chi connectivity index (χ3n) is 3.39. The zero-order chi connectivity index (χ0) is 19.1. The van der Waals surface area contributed by atoms with Gasteiger partial charge >= 0.3 is 0 Å². The summed E-state index contributed by atoms with van der Waals surface area (Å²) in [5.74, 6) is -3.34. The van der Waals surface area contributed by atoms with Gasteiger partial charge in [-0.15, -0.1) is 12.4 Å². The molecule has 0 aliphatic carbocycles. The van der Waals surface area contributed by atoms with E-state index < -0.39 is 35.4 Å². The second-order valence-corrected chi connectivity index (χ2v) is 5.94. The summed E-state index contributed by atoms with van der Waals surface area (Å²) in [7, 11) is 1.36. The van der Waals surface area contributed by atoms with Crippen LogP contribution in [-0.2, 0) is 14.4 Å². The van der Waals surface area contributed by atoms with Gasteiger partial charge in [-0.1, -0.05) is 13.8 Å². The minimum atomic E-state index is -0.830. The van der Waals surface area contributed by atoms with Gasteiger partial charge in [0.2, 0.25) is 17.7 Å². The first-order chi connectivity index (χ1) is 11.6. The van der Waals surface area contributed by atoms with Gasteiger partial charge in [0.15, 0.2) is 0 Å². The summed E-state index contributed by atoms with van der Waals surface area (Å²) in [6.07, 6.45) is 0. The number of amides is 3. The number of benzene rings is 1. The molecule has 0 aromatic heterocycles. The van der Waals surface area contributed by atoms with Crippen molar-refractivity contribution in [3.8, 4) is 0 Å². The summed E-state index contributed by atoms with van der Waals surface area (Å²) >= 11 is 0. The molecule has 0 fully saturated rings. The van der Waals surface area contributed by atoms with Gasteiger partial charge < -0.3 is 21.3 Å². The van der Waals surface area contributed by atoms with Crippen molar-refractivity contribution in [3.63, 3.8) is 0 Å². The first kappa shape index (κ1) is 23.7. The number of anilines is 1. The summed E-state index contributed by atoms with van der Waals surface area (Å²) in [6, 6.07) is 1.85. The molecule has 146 valence electrons. The quantitative estimate of drug-likeness (QED) is 0.640. The molecule has 0 spiro atoms. The number of hydrogen-bond acceptors (Lipinski definition) is 4. The van der Waals surface area contributed by atoms with E-state index >= 15 is 0 Å². The second kappa shape index (κ2) is 10.7. The maximum Gasteiger partial charge on any atom is 0.243 e. The highest BCUT2D eigenvalue weighted by Crippen LogP contribution is 2.12. The van der Waals surface area contributed by atoms with Crippen LogP contribution in [0.4, 0.5) is 14.5 Å². The van der Waals surface area contributed by atoms with E-state index in [-0.39, 0.29) is 37.1 Å². The lowest BCUT2D eigenvalue weighted by molar-refractivity contribution is -0.134. The van der Waals surface area contributed by atoms with Crippen LogP contribution < -0.4 is 16.4 Å². The van der Waals surface area contributed by atoms with E-state index in [0.29, 0.717) is 6.07 Å². The highest BCUT2D eigenvalue weighted by atomic mass is 35.5. The van der Waals surface area contributed by atoms with Gasteiger partial charge in [-0.3, -0.25) is 14.4 Å². The van der Waals surface area contributed by atoms with Gasteiger partial charge in [0.25, 0.3) is 0 Å². The van der Waals surface area contributed by atoms with Crippen molar-refractivity contribution in [2.75, 3.05) is 25.5 Å². The first-order valence-corrected chi connectivity index (χ1v) is 7.63. The fraction of sp³-hybridized carbons (Fsp3) is 0.438. The minimum absolute atomic E-state index is 0. The lowest BCUT2D eigenvalue weighted by atomic mass is 10.1. The van der Waals surface area contributed by atoms with Crippen LogP contribution in [-0.4, -0.2) is 48.8 Å². The van der Waals surface area contributed by atoms with E-state index in [0.717, 1.165) is 17.0 Å². The van der Waals surface area contributed by atoms with E-state index in [2.05, 4.69) is 10.6 Å². The standard InChI is InChI=1S/C16H22F2N4O3.ClH/c1-9(2)15(19)16(25)20-7-14(24)22(3)8-13(23)21-12-5-10(17)4-11(18)6-12;/h4-6,9,15H,7-8,19H2,1-3H3,(H,20,25)(H,21,23);1H/t15-;/m0./s1. The number of halogens is 3. The van der Waals surface area contributed by atoms with Gasteiger partial charge in [-0.25, -0.2) is 8.78 Å². The predicted octanol–water partition coefficient (Wildman–Crippen LogP) is 0.883. The zero-order valence-electron chi connectivity index (χ0n) is 14.7. The van der Waals surface area contributed by atoms with Gasteiger partial charge in [0.1, 0.15) is 11.6 Å². The van der Waals surface area contributed by atoms with Crippen LogP contribution in [0.5, 0.6) is 0 Å². The molecule has 0 radical (unpaired) electrons. The molecule has 4 N–H and O–H groups in total. The lowest BCUT2D eigenvalue weighted by Gasteiger charge is -2.19. The Bertz CT molecular complexity index is 638. The summed E-state index contributed by atoms with van der Waals surface area (Å²) in [5, 5.41) is 4.68. The van der Waals surface area contributed by atoms with Crippen molar-refractivity contribution in [1.82, 2.24) is 10.2 Å². The van der Waals surface area contributed by atoms with Crippen molar-refractivity contribution in [3.05, 3.63) is 29.8 Å². The van der Waals surface area contributed by atoms with Crippen LogP contribution in [0, 0.1) is 17.6 Å². The Kier molecular flexibility index (Phi) is 9.74. The third kappa shape index (κ3) is 7.75. The topological polar surface area (TPSA) is 105 Å². The summed E-state index contributed by atoms with van der Waals surface area (Å²) < 4.78 is 26.1. The molecule has 0 aliphatic heterocycles. The van der Waals surface area contributed by atoms with Crippen LogP contribution in [0.2, 0.25) is 0 Å². The second-order valence-electron chi connectivity index (χ2n) is 5.94. The van der Waals surface area contributed by atoms with Crippen molar-refractivity contribution < 1.29 is 23.2 Å². The Morgan fingerprint density at radius 1 is 1.15 bits per heavy atom. The number of likely N-dealkylation sites (N-methyl/N-ethyl adjacent to an activating group) is 1. The SMILES string of the molecule is CC(C)[C@H](N)C(=O)NCC(=O)N(C)CC(=O)Nc1cc(F)cc(F)c1.Cl. The summed E-state index contributed by atoms with van der Waals surface area (Å²) in [6.45, 7) is 2.90. The fourth-order valence-corrected chi connectivity index (χ4v) is 1.85. The number of hydrogen-bond donors (Lipinski definition) is 3. The average molecular weight is 393 g/mol. The molecule has 1 atom stereocenters. The van der Waals surface area contributed by atoms with E-state index in [1.54, 1.807) is 13.8 Å². The Balaban J connectivity index is 0.00000625. The van der Waals surface area contributed by atoms with Gasteiger partial charge in [0.05, 0.1) is 19.1 Å². The van der Waals surface area contributed by atoms with Crippen molar-refractivity contribution >= 4 is 35.8 Å². The predicted molar refractivity (Wildman–Crippen MR) is 95.7 cm³/mol. The molecule has 3 amide bonds. The van der Waals surface area contributed by atoms with Crippen LogP contribution in [0.1, 0.15) is 13.8 Å². The van der Waals surface area contributed by atoms with Gasteiger partial charge in [-0.05, 0) is 18.1 Å². The third-order valence-corrected chi connectivity index (χ3v) is 3.39. The molecule has 1 aromatic carbocycles. The molecule has 0 heterocycles. The van der Waals surface area contributed by atoms with Crippen molar-refractivity contribution in [1.29, 1.82) is 0 Å². The van der Waals surface area contributed by atoms with E-state index in [1.807, 2.05) is 0 Å². The normalized spacial score (nSPS) is 11.3. The molecule has 1 aromatic rings. The first-order valence-electron chi connectivity index (χ1n) is 7.63. The number of nitrogens with zero attached hydrogens (tertiary/aromatic N) is 1. The summed E-state index contributed by atoms with van der Waals surface area (Å²) in [5.41, 5.74) is 5.60. The molecule has 0 unspecified atom stereocenters. The lowest BCUT2D eigenvalue weighted by Crippen LogP contribution is -2.48. The molecular formula is C16H23ClF2N4O3. The minimum Gasteiger partial charge on any atom is -0.346 e. The maximum atomic E-state index is 13.1. The van der Waals surface area contributed by atoms with Crippen LogP contribution in [0.3, 0.4) is 0 Å². The Morgan fingerprint density at radius 2 is 1.69 bits per heavy atom. The molecule has 0 saturated heterocycles. The van der Waals surface area contributed by atoms with Gasteiger partial charge in [0, 0.05) is 18.8 Å². The Labute approximate surface area is 156 Å². The van der Waals surface area contributed by atoms with Crippen molar-refractivity contribution in [2.24, 2.45) is 11.7 Å². The Morgan fingerprint density at radius 3 is 2.19 bits per heavy atom. The highest BCUT2D eigenvalue weighted by molar-refractivity contribution is 5.95. The average Bonchev–Trinajstić information content (AvgIpc) is 2.49. The van der Waals surface area contributed by atoms with Crippen LogP contribution in [0.25, 0.3) is 0 Å². The maximum absolute atomic E-state index is 13.1. The molecular weight excluding hydrogens is 370 g/mol. The number of carbonyl (C=O) groups is 3. The van der Waals surface area contributed by atoms with E-state index in [9.17, 15) is 23.2 Å². The van der Waals surface area contributed by atoms with Crippen LogP contribution in [0.15, 0.2) is 18.2 Å². The van der Waals surface area contributed by atoms with Crippen LogP contribution >= 0.6 is 12.4 Å². The molecule has 10 heteroatoms. The molecule has 0 bridgehead atoms. The molecule has 0 saturated carbocycles. The number of nitrogens with one attached hydrogen (secondary N) is 2. The molecule has 1 rings (SSSR count). The molecule has 26 heavy (non-hydrogen) atoms. The van der Waals surface area contributed by atoms with Gasteiger partial charge in [-0.2, -0.15) is 0 Å². The largest absolute Gasteiger partial charge is 0.346 e. The molecule has 7 nitrogen and oxygen atoms in total. The van der Waals surface area contributed by atoms with E-state index in [4.69, 9.17) is 5.73 Å². The van der Waals surface area contributed by atoms with Crippen molar-refractivity contribution in [2.45, 2.75) is 19.9 Å². The summed E-state index contributed by atoms with van der Waals surface area (Å²) in [4.78, 5) is 36.5. The Hall–Kier alpha value is -2.26. The molecule has 0 aliphatic rings. The fourth-order valence-electron chi connectivity index (χ4n) is 1.85. The number of rotatable bonds is 7. The number of nitrogens with two attached hydrogens (primary N) is 1. The monoisotopic (exact) mass is 392 g/mol. The van der Waals surface area contributed by atoms with E-state index in [1.165, 1.54) is 7.05 Å². The number of carbonyl (C=O) groups excluding carboxylic acids is 3. The smallest absolute Gasteiger partial charge is 0.243 e. The zero-order valence-corrected chi connectivity index (χ0v) is 15.5. The highest BCUT2D eigenvalue weighted by Gasteiger charge is 2.19.